The van der Waals surface area contributed by atoms with Gasteiger partial charge in [-0.3, -0.25) is 4.79 Å². The van der Waals surface area contributed by atoms with Crippen LogP contribution in [0.1, 0.15) is 5.56 Å². The minimum atomic E-state index is -0.565. The Hall–Kier alpha value is -2.72. The predicted molar refractivity (Wildman–Crippen MR) is 69.0 cm³/mol. The standard InChI is InChI=1S/C13H11FN4O2/c14-12-6-11(4-3-10(12)2-1-5-19)17-13(20)7-18-9-15-8-16-18/h3-4,6,8-9,19H,5,7H2,(H,17,20). The van der Waals surface area contributed by atoms with Gasteiger partial charge in [0.1, 0.15) is 31.6 Å². The number of carbonyl (C=O) groups excluding carboxylic acids is 1. The van der Waals surface area contributed by atoms with Crippen molar-refractivity contribution < 1.29 is 14.3 Å². The smallest absolute Gasteiger partial charge is 0.246 e. The number of amides is 1. The van der Waals surface area contributed by atoms with Crippen molar-refractivity contribution in [2.24, 2.45) is 0 Å². The van der Waals surface area contributed by atoms with Crippen LogP contribution in [0.4, 0.5) is 10.1 Å². The molecule has 0 saturated carbocycles. The number of carbonyl (C=O) groups is 1. The fourth-order valence-corrected chi connectivity index (χ4v) is 1.49. The summed E-state index contributed by atoms with van der Waals surface area (Å²) < 4.78 is 15.0. The second kappa shape index (κ2) is 6.45. The molecular weight excluding hydrogens is 263 g/mol. The van der Waals surface area contributed by atoms with Gasteiger partial charge in [0.05, 0.1) is 5.56 Å². The third-order valence-corrected chi connectivity index (χ3v) is 2.33. The molecule has 0 bridgehead atoms. The number of aromatic nitrogens is 3. The first-order valence-corrected chi connectivity index (χ1v) is 5.70. The minimum Gasteiger partial charge on any atom is -0.384 e. The molecule has 2 aromatic rings. The number of nitrogens with one attached hydrogen (secondary N) is 1. The van der Waals surface area contributed by atoms with E-state index < -0.39 is 5.82 Å². The average molecular weight is 274 g/mol. The quantitative estimate of drug-likeness (QED) is 0.794. The number of aliphatic hydroxyl groups is 1. The number of anilines is 1. The number of benzene rings is 1. The molecule has 0 aliphatic carbocycles. The summed E-state index contributed by atoms with van der Waals surface area (Å²) in [5, 5.41) is 14.9. The number of halogens is 1. The number of nitrogens with zero attached hydrogens (tertiary/aromatic N) is 3. The Labute approximate surface area is 114 Å². The maximum absolute atomic E-state index is 13.6. The first-order valence-electron chi connectivity index (χ1n) is 5.70. The third kappa shape index (κ3) is 3.63. The maximum atomic E-state index is 13.6. The molecule has 1 aromatic carbocycles. The highest BCUT2D eigenvalue weighted by Crippen LogP contribution is 2.13. The zero-order chi connectivity index (χ0) is 14.4. The fraction of sp³-hybridized carbons (Fsp3) is 0.154. The lowest BCUT2D eigenvalue weighted by Crippen LogP contribution is -2.19. The van der Waals surface area contributed by atoms with Gasteiger partial charge in [-0.25, -0.2) is 14.1 Å². The van der Waals surface area contributed by atoms with Crippen molar-refractivity contribution in [1.29, 1.82) is 0 Å². The van der Waals surface area contributed by atoms with Crippen LogP contribution in [-0.2, 0) is 11.3 Å². The molecule has 0 aliphatic heterocycles. The summed E-state index contributed by atoms with van der Waals surface area (Å²) in [7, 11) is 0. The van der Waals surface area contributed by atoms with E-state index in [0.717, 1.165) is 0 Å². The van der Waals surface area contributed by atoms with Gasteiger partial charge in [0.15, 0.2) is 0 Å². The molecule has 1 heterocycles. The van der Waals surface area contributed by atoms with Crippen LogP contribution in [0.5, 0.6) is 0 Å². The first-order chi connectivity index (χ1) is 9.69. The molecule has 0 aliphatic rings. The Morgan fingerprint density at radius 2 is 2.35 bits per heavy atom. The molecule has 2 rings (SSSR count). The minimum absolute atomic E-state index is 0.00626. The van der Waals surface area contributed by atoms with Gasteiger partial charge in [0, 0.05) is 5.69 Å². The SMILES string of the molecule is O=C(Cn1cncn1)Nc1ccc(C#CCO)c(F)c1. The van der Waals surface area contributed by atoms with E-state index in [1.807, 2.05) is 0 Å². The molecule has 0 saturated heterocycles. The summed E-state index contributed by atoms with van der Waals surface area (Å²) in [6.45, 7) is -0.344. The van der Waals surface area contributed by atoms with Crippen LogP contribution in [0.3, 0.4) is 0 Å². The van der Waals surface area contributed by atoms with E-state index >= 15 is 0 Å². The lowest BCUT2D eigenvalue weighted by molar-refractivity contribution is -0.116. The van der Waals surface area contributed by atoms with Gasteiger partial charge in [-0.05, 0) is 18.2 Å². The van der Waals surface area contributed by atoms with E-state index in [-0.39, 0.29) is 24.6 Å². The van der Waals surface area contributed by atoms with Crippen molar-refractivity contribution >= 4 is 11.6 Å². The van der Waals surface area contributed by atoms with E-state index in [9.17, 15) is 9.18 Å². The highest BCUT2D eigenvalue weighted by atomic mass is 19.1. The summed E-state index contributed by atoms with van der Waals surface area (Å²) in [4.78, 5) is 15.4. The molecule has 7 heteroatoms. The van der Waals surface area contributed by atoms with E-state index in [2.05, 4.69) is 27.2 Å². The van der Waals surface area contributed by atoms with Crippen LogP contribution in [0, 0.1) is 17.7 Å². The van der Waals surface area contributed by atoms with Gasteiger partial charge in [0.2, 0.25) is 5.91 Å². The van der Waals surface area contributed by atoms with Gasteiger partial charge in [-0.1, -0.05) is 11.8 Å². The summed E-state index contributed by atoms with van der Waals surface area (Å²) >= 11 is 0. The molecule has 0 fully saturated rings. The molecule has 102 valence electrons. The predicted octanol–water partition coefficient (Wildman–Crippen LogP) is 0.400. The molecule has 6 nitrogen and oxygen atoms in total. The Morgan fingerprint density at radius 1 is 1.50 bits per heavy atom. The summed E-state index contributed by atoms with van der Waals surface area (Å²) in [5.41, 5.74) is 0.482. The molecule has 0 spiro atoms. The van der Waals surface area contributed by atoms with Gasteiger partial charge in [-0.15, -0.1) is 0 Å². The first kappa shape index (κ1) is 13.7. The van der Waals surface area contributed by atoms with E-state index in [4.69, 9.17) is 5.11 Å². The van der Waals surface area contributed by atoms with Crippen LogP contribution < -0.4 is 5.32 Å². The van der Waals surface area contributed by atoms with E-state index in [1.54, 1.807) is 0 Å². The normalized spacial score (nSPS) is 9.70. The van der Waals surface area contributed by atoms with Crippen molar-refractivity contribution in [3.8, 4) is 11.8 Å². The number of rotatable bonds is 3. The number of hydrogen-bond donors (Lipinski definition) is 2. The molecule has 1 amide bonds. The van der Waals surface area contributed by atoms with Crippen LogP contribution in [-0.4, -0.2) is 32.4 Å². The molecule has 0 radical (unpaired) electrons. The van der Waals surface area contributed by atoms with Crippen LogP contribution in [0.2, 0.25) is 0 Å². The molecule has 20 heavy (non-hydrogen) atoms. The third-order valence-electron chi connectivity index (χ3n) is 2.33. The highest BCUT2D eigenvalue weighted by molar-refractivity contribution is 5.90. The van der Waals surface area contributed by atoms with Crippen LogP contribution in [0.15, 0.2) is 30.9 Å². The Balaban J connectivity index is 2.03. The Bertz CT molecular complexity index is 659. The van der Waals surface area contributed by atoms with Crippen LogP contribution in [0.25, 0.3) is 0 Å². The van der Waals surface area contributed by atoms with Gasteiger partial charge >= 0.3 is 0 Å². The zero-order valence-electron chi connectivity index (χ0n) is 10.4. The molecule has 0 unspecified atom stereocenters. The highest BCUT2D eigenvalue weighted by Gasteiger charge is 2.06. The lowest BCUT2D eigenvalue weighted by Gasteiger charge is -2.05. The van der Waals surface area contributed by atoms with Gasteiger partial charge in [0.25, 0.3) is 0 Å². The fourth-order valence-electron chi connectivity index (χ4n) is 1.49. The van der Waals surface area contributed by atoms with E-state index in [0.29, 0.717) is 5.69 Å². The molecule has 2 N–H and O–H groups in total. The van der Waals surface area contributed by atoms with Crippen molar-refractivity contribution in [2.75, 3.05) is 11.9 Å². The molecular formula is C13H11FN4O2. The summed E-state index contributed by atoms with van der Waals surface area (Å²) in [5.74, 6) is 3.92. The van der Waals surface area contributed by atoms with Crippen molar-refractivity contribution in [3.63, 3.8) is 0 Å². The second-order valence-electron chi connectivity index (χ2n) is 3.80. The second-order valence-corrected chi connectivity index (χ2v) is 3.80. The monoisotopic (exact) mass is 274 g/mol. The van der Waals surface area contributed by atoms with Gasteiger partial charge in [-0.2, -0.15) is 5.10 Å². The topological polar surface area (TPSA) is 80.0 Å². The number of aliphatic hydroxyl groups excluding tert-OH is 1. The summed E-state index contributed by atoms with van der Waals surface area (Å²) in [6.07, 6.45) is 2.73. The van der Waals surface area contributed by atoms with Gasteiger partial charge < -0.3 is 10.4 Å². The van der Waals surface area contributed by atoms with Crippen molar-refractivity contribution in [3.05, 3.63) is 42.2 Å². The molecule has 0 atom stereocenters. The maximum Gasteiger partial charge on any atom is 0.246 e. The van der Waals surface area contributed by atoms with Crippen molar-refractivity contribution in [1.82, 2.24) is 14.8 Å². The summed E-state index contributed by atoms with van der Waals surface area (Å²) in [6, 6.07) is 4.13. The Morgan fingerprint density at radius 3 is 3.00 bits per heavy atom. The molecule has 1 aromatic heterocycles. The lowest BCUT2D eigenvalue weighted by atomic mass is 10.2. The zero-order valence-corrected chi connectivity index (χ0v) is 10.4. The largest absolute Gasteiger partial charge is 0.384 e. The number of hydrogen-bond acceptors (Lipinski definition) is 4. The van der Waals surface area contributed by atoms with E-state index in [1.165, 1.54) is 35.5 Å². The van der Waals surface area contributed by atoms with Crippen molar-refractivity contribution in [2.45, 2.75) is 6.54 Å². The Kier molecular flexibility index (Phi) is 4.42. The van der Waals surface area contributed by atoms with Crippen LogP contribution >= 0.6 is 0 Å². The average Bonchev–Trinajstić information content (AvgIpc) is 2.90.